The molecule has 16 heavy (non-hydrogen) atoms. The Kier molecular flexibility index (Phi) is 3.63. The van der Waals surface area contributed by atoms with Crippen molar-refractivity contribution >= 4 is 0 Å². The highest BCUT2D eigenvalue weighted by molar-refractivity contribution is 4.94. The first-order chi connectivity index (χ1) is 7.53. The molecule has 0 bridgehead atoms. The molecule has 5 atom stereocenters. The standard InChI is InChI=1S/C15H28O/c1-4-5-13-11(2)6-7-12-10-15(3,16)9-8-14(12)13/h11-14,16H,4-10H2,1-3H3/t11-,12-,13+,14?,15-/m1/s1. The lowest BCUT2D eigenvalue weighted by molar-refractivity contribution is -0.0578. The van der Waals surface area contributed by atoms with E-state index in [9.17, 15) is 5.11 Å². The van der Waals surface area contributed by atoms with Crippen LogP contribution in [0.1, 0.15) is 65.7 Å². The molecule has 94 valence electrons. The summed E-state index contributed by atoms with van der Waals surface area (Å²) in [6.45, 7) is 6.80. The van der Waals surface area contributed by atoms with Crippen molar-refractivity contribution in [2.75, 3.05) is 0 Å². The number of rotatable bonds is 2. The Balaban J connectivity index is 2.05. The largest absolute Gasteiger partial charge is 0.390 e. The van der Waals surface area contributed by atoms with Crippen LogP contribution >= 0.6 is 0 Å². The maximum atomic E-state index is 10.2. The zero-order chi connectivity index (χ0) is 11.8. The molecular weight excluding hydrogens is 196 g/mol. The molecule has 0 aromatic heterocycles. The Morgan fingerprint density at radius 2 is 2.00 bits per heavy atom. The highest BCUT2D eigenvalue weighted by Crippen LogP contribution is 2.50. The van der Waals surface area contributed by atoms with Crippen LogP contribution < -0.4 is 0 Å². The lowest BCUT2D eigenvalue weighted by atomic mass is 9.58. The van der Waals surface area contributed by atoms with Crippen molar-refractivity contribution in [1.82, 2.24) is 0 Å². The van der Waals surface area contributed by atoms with Crippen molar-refractivity contribution in [3.63, 3.8) is 0 Å². The summed E-state index contributed by atoms with van der Waals surface area (Å²) < 4.78 is 0. The van der Waals surface area contributed by atoms with Crippen LogP contribution in [0.25, 0.3) is 0 Å². The molecule has 2 aliphatic carbocycles. The molecule has 0 aromatic rings. The van der Waals surface area contributed by atoms with Crippen LogP contribution in [0.3, 0.4) is 0 Å². The highest BCUT2D eigenvalue weighted by Gasteiger charge is 2.43. The fourth-order valence-electron chi connectivity index (χ4n) is 4.36. The van der Waals surface area contributed by atoms with Gasteiger partial charge in [0, 0.05) is 0 Å². The third-order valence-electron chi connectivity index (χ3n) is 5.22. The summed E-state index contributed by atoms with van der Waals surface area (Å²) in [7, 11) is 0. The van der Waals surface area contributed by atoms with Crippen LogP contribution in [0.4, 0.5) is 0 Å². The summed E-state index contributed by atoms with van der Waals surface area (Å²) in [6, 6.07) is 0. The van der Waals surface area contributed by atoms with Gasteiger partial charge in [0.2, 0.25) is 0 Å². The van der Waals surface area contributed by atoms with E-state index in [4.69, 9.17) is 0 Å². The molecule has 2 saturated carbocycles. The first-order valence-electron chi connectivity index (χ1n) is 7.26. The Bertz CT molecular complexity index is 234. The summed E-state index contributed by atoms with van der Waals surface area (Å²) in [5.74, 6) is 3.60. The highest BCUT2D eigenvalue weighted by atomic mass is 16.3. The van der Waals surface area contributed by atoms with Crippen molar-refractivity contribution in [3.8, 4) is 0 Å². The predicted octanol–water partition coefficient (Wildman–Crippen LogP) is 4.00. The molecule has 0 amide bonds. The molecule has 0 heterocycles. The molecule has 2 fully saturated rings. The smallest absolute Gasteiger partial charge is 0.0622 e. The van der Waals surface area contributed by atoms with Gasteiger partial charge in [-0.15, -0.1) is 0 Å². The third kappa shape index (κ3) is 2.45. The number of hydrogen-bond donors (Lipinski definition) is 1. The minimum atomic E-state index is -0.363. The molecule has 0 aliphatic heterocycles. The molecule has 2 rings (SSSR count). The second kappa shape index (κ2) is 4.68. The Morgan fingerprint density at radius 1 is 1.25 bits per heavy atom. The second-order valence-corrected chi connectivity index (χ2v) is 6.67. The lowest BCUT2D eigenvalue weighted by Crippen LogP contribution is -2.43. The van der Waals surface area contributed by atoms with E-state index in [0.717, 1.165) is 36.5 Å². The SMILES string of the molecule is CCC[C@@H]1C2CC[C@@](C)(O)C[C@H]2CC[C@H]1C. The van der Waals surface area contributed by atoms with Gasteiger partial charge in [-0.25, -0.2) is 0 Å². The Hall–Kier alpha value is -0.0400. The summed E-state index contributed by atoms with van der Waals surface area (Å²) in [5, 5.41) is 10.2. The maximum Gasteiger partial charge on any atom is 0.0622 e. The molecule has 1 heteroatoms. The van der Waals surface area contributed by atoms with Crippen LogP contribution in [0.5, 0.6) is 0 Å². The topological polar surface area (TPSA) is 20.2 Å². The van der Waals surface area contributed by atoms with Gasteiger partial charge < -0.3 is 5.11 Å². The molecule has 0 radical (unpaired) electrons. The average Bonchev–Trinajstić information content (AvgIpc) is 2.21. The number of hydrogen-bond acceptors (Lipinski definition) is 1. The van der Waals surface area contributed by atoms with Gasteiger partial charge in [-0.05, 0) is 56.3 Å². The molecule has 2 aliphatic rings. The molecule has 0 spiro atoms. The molecule has 1 unspecified atom stereocenters. The fourth-order valence-corrected chi connectivity index (χ4v) is 4.36. The Labute approximate surface area is 101 Å². The van der Waals surface area contributed by atoms with E-state index >= 15 is 0 Å². The normalized spacial score (nSPS) is 48.8. The summed E-state index contributed by atoms with van der Waals surface area (Å²) in [4.78, 5) is 0. The van der Waals surface area contributed by atoms with Crippen molar-refractivity contribution in [1.29, 1.82) is 0 Å². The monoisotopic (exact) mass is 224 g/mol. The number of aliphatic hydroxyl groups is 1. The lowest BCUT2D eigenvalue weighted by Gasteiger charge is -2.48. The molecule has 0 saturated heterocycles. The van der Waals surface area contributed by atoms with Crippen molar-refractivity contribution < 1.29 is 5.11 Å². The Morgan fingerprint density at radius 3 is 2.69 bits per heavy atom. The first kappa shape index (κ1) is 12.4. The van der Waals surface area contributed by atoms with Crippen molar-refractivity contribution in [2.45, 2.75) is 71.3 Å². The van der Waals surface area contributed by atoms with Crippen LogP contribution in [-0.2, 0) is 0 Å². The van der Waals surface area contributed by atoms with Crippen LogP contribution in [0.15, 0.2) is 0 Å². The average molecular weight is 224 g/mol. The number of fused-ring (bicyclic) bond motifs is 1. The third-order valence-corrected chi connectivity index (χ3v) is 5.22. The van der Waals surface area contributed by atoms with E-state index in [-0.39, 0.29) is 5.60 Å². The van der Waals surface area contributed by atoms with Gasteiger partial charge in [0.15, 0.2) is 0 Å². The molecule has 1 N–H and O–H groups in total. The summed E-state index contributed by atoms with van der Waals surface area (Å²) in [5.41, 5.74) is -0.363. The van der Waals surface area contributed by atoms with Gasteiger partial charge >= 0.3 is 0 Å². The van der Waals surface area contributed by atoms with Crippen LogP contribution in [-0.4, -0.2) is 10.7 Å². The molecule has 0 aromatic carbocycles. The van der Waals surface area contributed by atoms with Gasteiger partial charge in [-0.3, -0.25) is 0 Å². The van der Waals surface area contributed by atoms with E-state index < -0.39 is 0 Å². The molecular formula is C15H28O. The first-order valence-corrected chi connectivity index (χ1v) is 7.26. The quantitative estimate of drug-likeness (QED) is 0.751. The van der Waals surface area contributed by atoms with Gasteiger partial charge in [0.05, 0.1) is 5.60 Å². The van der Waals surface area contributed by atoms with Gasteiger partial charge in [-0.2, -0.15) is 0 Å². The van der Waals surface area contributed by atoms with Crippen LogP contribution in [0, 0.1) is 23.7 Å². The van der Waals surface area contributed by atoms with Gasteiger partial charge in [0.25, 0.3) is 0 Å². The molecule has 1 nitrogen and oxygen atoms in total. The summed E-state index contributed by atoms with van der Waals surface area (Å²) in [6.07, 6.45) is 8.85. The minimum Gasteiger partial charge on any atom is -0.390 e. The van der Waals surface area contributed by atoms with Gasteiger partial charge in [0.1, 0.15) is 0 Å². The predicted molar refractivity (Wildman–Crippen MR) is 68.3 cm³/mol. The van der Waals surface area contributed by atoms with E-state index in [2.05, 4.69) is 13.8 Å². The van der Waals surface area contributed by atoms with Crippen molar-refractivity contribution in [3.05, 3.63) is 0 Å². The summed E-state index contributed by atoms with van der Waals surface area (Å²) >= 11 is 0. The van der Waals surface area contributed by atoms with E-state index in [1.54, 1.807) is 0 Å². The second-order valence-electron chi connectivity index (χ2n) is 6.67. The van der Waals surface area contributed by atoms with Crippen molar-refractivity contribution in [2.24, 2.45) is 23.7 Å². The van der Waals surface area contributed by atoms with E-state index in [1.807, 2.05) is 6.92 Å². The zero-order valence-corrected chi connectivity index (χ0v) is 11.2. The zero-order valence-electron chi connectivity index (χ0n) is 11.2. The van der Waals surface area contributed by atoms with Gasteiger partial charge in [-0.1, -0.05) is 33.1 Å². The van der Waals surface area contributed by atoms with Crippen LogP contribution in [0.2, 0.25) is 0 Å². The van der Waals surface area contributed by atoms with E-state index in [1.165, 1.54) is 32.1 Å². The van der Waals surface area contributed by atoms with E-state index in [0.29, 0.717) is 0 Å². The minimum absolute atomic E-state index is 0.363. The maximum absolute atomic E-state index is 10.2. The fraction of sp³-hybridized carbons (Fsp3) is 1.00.